The summed E-state index contributed by atoms with van der Waals surface area (Å²) in [5.41, 5.74) is 1.26. The van der Waals surface area contributed by atoms with Crippen molar-refractivity contribution in [3.63, 3.8) is 0 Å². The second kappa shape index (κ2) is 7.17. The summed E-state index contributed by atoms with van der Waals surface area (Å²) in [6.07, 6.45) is 2.64. The molecule has 0 aromatic heterocycles. The number of phenols is 2. The summed E-state index contributed by atoms with van der Waals surface area (Å²) in [4.78, 5) is 11.6. The Balaban J connectivity index is 1.90. The van der Waals surface area contributed by atoms with Gasteiger partial charge in [-0.05, 0) is 35.9 Å². The fraction of sp³-hybridized carbons (Fsp3) is 0.118. The monoisotopic (exact) mass is 300 g/mol. The molecule has 2 aromatic carbocycles. The predicted octanol–water partition coefficient (Wildman–Crippen LogP) is 2.86. The van der Waals surface area contributed by atoms with Gasteiger partial charge in [-0.3, -0.25) is 0 Å². The Labute approximate surface area is 128 Å². The fourth-order valence-electron chi connectivity index (χ4n) is 1.76. The molecule has 114 valence electrons. The molecule has 0 amide bonds. The van der Waals surface area contributed by atoms with Crippen molar-refractivity contribution in [3.05, 3.63) is 59.7 Å². The number of ether oxygens (including phenoxy) is 2. The van der Waals surface area contributed by atoms with Crippen LogP contribution in [0.15, 0.2) is 48.5 Å². The minimum atomic E-state index is -0.525. The molecular weight excluding hydrogens is 284 g/mol. The first-order valence-corrected chi connectivity index (χ1v) is 6.58. The van der Waals surface area contributed by atoms with E-state index in [2.05, 4.69) is 0 Å². The second-order valence-corrected chi connectivity index (χ2v) is 4.53. The third-order valence-electron chi connectivity index (χ3n) is 2.95. The van der Waals surface area contributed by atoms with Crippen LogP contribution in [-0.4, -0.2) is 23.3 Å². The maximum Gasteiger partial charge on any atom is 0.331 e. The molecule has 5 nitrogen and oxygen atoms in total. The highest BCUT2D eigenvalue weighted by atomic mass is 16.5. The molecule has 0 saturated carbocycles. The van der Waals surface area contributed by atoms with E-state index in [4.69, 9.17) is 9.47 Å². The standard InChI is InChI=1S/C17H16O5/c1-21-15-7-2-12(3-8-15)11-22-17(20)9-5-13-4-6-14(18)10-16(13)19/h2-10,18-19H,11H2,1H3. The highest BCUT2D eigenvalue weighted by Gasteiger charge is 2.02. The van der Waals surface area contributed by atoms with Gasteiger partial charge in [-0.1, -0.05) is 12.1 Å². The zero-order valence-corrected chi connectivity index (χ0v) is 12.0. The Morgan fingerprint density at radius 2 is 1.86 bits per heavy atom. The molecule has 0 heterocycles. The SMILES string of the molecule is COc1ccc(COC(=O)C=Cc2ccc(O)cc2O)cc1. The van der Waals surface area contributed by atoms with Crippen LogP contribution >= 0.6 is 0 Å². The average molecular weight is 300 g/mol. The third-order valence-corrected chi connectivity index (χ3v) is 2.95. The number of carbonyl (C=O) groups is 1. The van der Waals surface area contributed by atoms with E-state index < -0.39 is 5.97 Å². The van der Waals surface area contributed by atoms with Crippen LogP contribution in [0.2, 0.25) is 0 Å². The summed E-state index contributed by atoms with van der Waals surface area (Å²) in [6.45, 7) is 0.148. The van der Waals surface area contributed by atoms with Crippen molar-refractivity contribution < 1.29 is 24.5 Å². The van der Waals surface area contributed by atoms with E-state index in [-0.39, 0.29) is 18.1 Å². The lowest BCUT2D eigenvalue weighted by Crippen LogP contribution is -2.00. The lowest BCUT2D eigenvalue weighted by Gasteiger charge is -2.04. The number of carbonyl (C=O) groups excluding carboxylic acids is 1. The van der Waals surface area contributed by atoms with E-state index in [0.717, 1.165) is 11.3 Å². The lowest BCUT2D eigenvalue weighted by molar-refractivity contribution is -0.138. The molecule has 5 heteroatoms. The van der Waals surface area contributed by atoms with Crippen LogP contribution in [0.1, 0.15) is 11.1 Å². The van der Waals surface area contributed by atoms with Crippen LogP contribution in [-0.2, 0) is 16.1 Å². The summed E-state index contributed by atoms with van der Waals surface area (Å²) in [6, 6.07) is 11.3. The Morgan fingerprint density at radius 1 is 1.14 bits per heavy atom. The number of phenolic OH excluding ortho intramolecular Hbond substituents is 2. The minimum absolute atomic E-state index is 0.0447. The first-order valence-electron chi connectivity index (χ1n) is 6.58. The fourth-order valence-corrected chi connectivity index (χ4v) is 1.76. The molecule has 0 spiro atoms. The van der Waals surface area contributed by atoms with Crippen LogP contribution in [0.25, 0.3) is 6.08 Å². The van der Waals surface area contributed by atoms with E-state index in [1.807, 2.05) is 12.1 Å². The van der Waals surface area contributed by atoms with Crippen molar-refractivity contribution in [2.45, 2.75) is 6.61 Å². The average Bonchev–Trinajstić information content (AvgIpc) is 2.52. The zero-order valence-electron chi connectivity index (χ0n) is 12.0. The summed E-state index contributed by atoms with van der Waals surface area (Å²) >= 11 is 0. The molecule has 0 atom stereocenters. The number of hydrogen-bond acceptors (Lipinski definition) is 5. The maximum absolute atomic E-state index is 11.6. The van der Waals surface area contributed by atoms with Gasteiger partial charge in [0.2, 0.25) is 0 Å². The summed E-state index contributed by atoms with van der Waals surface area (Å²) in [5, 5.41) is 18.8. The van der Waals surface area contributed by atoms with Gasteiger partial charge < -0.3 is 19.7 Å². The number of rotatable bonds is 5. The molecule has 0 saturated heterocycles. The molecule has 0 bridgehead atoms. The highest BCUT2D eigenvalue weighted by molar-refractivity contribution is 5.87. The molecule has 0 unspecified atom stereocenters. The van der Waals surface area contributed by atoms with Crippen LogP contribution in [0.3, 0.4) is 0 Å². The van der Waals surface area contributed by atoms with Crippen molar-refractivity contribution >= 4 is 12.0 Å². The molecule has 0 aliphatic rings. The Kier molecular flexibility index (Phi) is 5.03. The van der Waals surface area contributed by atoms with E-state index in [0.29, 0.717) is 5.56 Å². The number of esters is 1. The van der Waals surface area contributed by atoms with Crippen molar-refractivity contribution in [2.75, 3.05) is 7.11 Å². The zero-order chi connectivity index (χ0) is 15.9. The predicted molar refractivity (Wildman–Crippen MR) is 81.6 cm³/mol. The maximum atomic E-state index is 11.6. The lowest BCUT2D eigenvalue weighted by atomic mass is 10.2. The summed E-state index contributed by atoms with van der Waals surface area (Å²) in [7, 11) is 1.58. The number of hydrogen-bond donors (Lipinski definition) is 2. The third kappa shape index (κ3) is 4.28. The van der Waals surface area contributed by atoms with Crippen LogP contribution < -0.4 is 4.74 Å². The molecule has 2 aromatic rings. The largest absolute Gasteiger partial charge is 0.508 e. The van der Waals surface area contributed by atoms with Crippen LogP contribution in [0.5, 0.6) is 17.2 Å². The first kappa shape index (κ1) is 15.4. The molecule has 0 aliphatic heterocycles. The van der Waals surface area contributed by atoms with E-state index in [1.54, 1.807) is 19.2 Å². The van der Waals surface area contributed by atoms with Crippen molar-refractivity contribution in [1.29, 1.82) is 0 Å². The normalized spacial score (nSPS) is 10.6. The number of benzene rings is 2. The molecule has 0 aliphatic carbocycles. The van der Waals surface area contributed by atoms with Gasteiger partial charge in [0.25, 0.3) is 0 Å². The Morgan fingerprint density at radius 3 is 2.50 bits per heavy atom. The van der Waals surface area contributed by atoms with Gasteiger partial charge >= 0.3 is 5.97 Å². The van der Waals surface area contributed by atoms with Crippen molar-refractivity contribution in [1.82, 2.24) is 0 Å². The Bertz CT molecular complexity index is 674. The van der Waals surface area contributed by atoms with Gasteiger partial charge in [0, 0.05) is 17.7 Å². The van der Waals surface area contributed by atoms with Gasteiger partial charge in [0.05, 0.1) is 7.11 Å². The van der Waals surface area contributed by atoms with Gasteiger partial charge in [-0.2, -0.15) is 0 Å². The molecule has 22 heavy (non-hydrogen) atoms. The molecular formula is C17H16O5. The smallest absolute Gasteiger partial charge is 0.331 e. The molecule has 0 fully saturated rings. The van der Waals surface area contributed by atoms with E-state index >= 15 is 0 Å². The Hall–Kier alpha value is -2.95. The second-order valence-electron chi connectivity index (χ2n) is 4.53. The number of aromatic hydroxyl groups is 2. The summed E-state index contributed by atoms with van der Waals surface area (Å²) in [5.74, 6) is 0.0528. The number of methoxy groups -OCH3 is 1. The van der Waals surface area contributed by atoms with Crippen molar-refractivity contribution in [2.24, 2.45) is 0 Å². The molecule has 2 rings (SSSR count). The first-order chi connectivity index (χ1) is 10.6. The van der Waals surface area contributed by atoms with Gasteiger partial charge in [-0.25, -0.2) is 4.79 Å². The van der Waals surface area contributed by atoms with Crippen molar-refractivity contribution in [3.8, 4) is 17.2 Å². The molecule has 0 radical (unpaired) electrons. The van der Waals surface area contributed by atoms with Gasteiger partial charge in [0.1, 0.15) is 23.9 Å². The highest BCUT2D eigenvalue weighted by Crippen LogP contribution is 2.23. The molecule has 2 N–H and O–H groups in total. The van der Waals surface area contributed by atoms with Gasteiger partial charge in [0.15, 0.2) is 0 Å². The van der Waals surface area contributed by atoms with Crippen LogP contribution in [0.4, 0.5) is 0 Å². The van der Waals surface area contributed by atoms with E-state index in [1.165, 1.54) is 30.4 Å². The minimum Gasteiger partial charge on any atom is -0.508 e. The van der Waals surface area contributed by atoms with E-state index in [9.17, 15) is 15.0 Å². The quantitative estimate of drug-likeness (QED) is 0.656. The topological polar surface area (TPSA) is 76.0 Å². The summed E-state index contributed by atoms with van der Waals surface area (Å²) < 4.78 is 10.1. The van der Waals surface area contributed by atoms with Gasteiger partial charge in [-0.15, -0.1) is 0 Å². The van der Waals surface area contributed by atoms with Crippen LogP contribution in [0, 0.1) is 0 Å².